The van der Waals surface area contributed by atoms with E-state index in [1.54, 1.807) is 4.57 Å². The summed E-state index contributed by atoms with van der Waals surface area (Å²) in [6.45, 7) is 4.44. The minimum Gasteiger partial charge on any atom is -0.339 e. The average molecular weight is 321 g/mol. The highest BCUT2D eigenvalue weighted by Crippen LogP contribution is 2.20. The largest absolute Gasteiger partial charge is 0.346 e. The van der Waals surface area contributed by atoms with Crippen LogP contribution in [0.1, 0.15) is 32.0 Å². The molecule has 3 rings (SSSR count). The van der Waals surface area contributed by atoms with Gasteiger partial charge in [-0.15, -0.1) is 0 Å². The van der Waals surface area contributed by atoms with Gasteiger partial charge in [0.15, 0.2) is 0 Å². The molecule has 3 heterocycles. The highest BCUT2D eigenvalue weighted by molar-refractivity contribution is 5.76. The molecule has 0 N–H and O–H groups in total. The van der Waals surface area contributed by atoms with Crippen LogP contribution in [0.25, 0.3) is 0 Å². The number of fused-ring (bicyclic) bond motifs is 1. The molecule has 2 aliphatic rings. The first-order valence-corrected chi connectivity index (χ1v) is 8.58. The topological polar surface area (TPSA) is 63.4 Å². The fraction of sp³-hybridized carbons (Fsp3) is 0.812. The Kier molecular flexibility index (Phi) is 4.57. The number of hydrogen-bond acceptors (Lipinski definition) is 4. The average Bonchev–Trinajstić information content (AvgIpc) is 2.92. The summed E-state index contributed by atoms with van der Waals surface area (Å²) in [5.41, 5.74) is -0.133. The lowest BCUT2D eigenvalue weighted by Crippen LogP contribution is -2.38. The predicted octanol–water partition coefficient (Wildman–Crippen LogP) is 0.180. The van der Waals surface area contributed by atoms with E-state index < -0.39 is 0 Å². The molecule has 2 atom stereocenters. The highest BCUT2D eigenvalue weighted by atomic mass is 16.2. The molecule has 0 spiro atoms. The Morgan fingerprint density at radius 3 is 2.74 bits per heavy atom. The van der Waals surface area contributed by atoms with Gasteiger partial charge in [0, 0.05) is 32.1 Å². The molecule has 0 saturated carbocycles. The predicted molar refractivity (Wildman–Crippen MR) is 87.3 cm³/mol. The lowest BCUT2D eigenvalue weighted by molar-refractivity contribution is -0.131. The lowest BCUT2D eigenvalue weighted by Gasteiger charge is -2.22. The summed E-state index contributed by atoms with van der Waals surface area (Å²) in [5, 5.41) is 4.40. The molecule has 128 valence electrons. The van der Waals surface area contributed by atoms with Gasteiger partial charge in [-0.3, -0.25) is 9.36 Å². The molecule has 0 bridgehead atoms. The van der Waals surface area contributed by atoms with Gasteiger partial charge in [0.1, 0.15) is 12.4 Å². The van der Waals surface area contributed by atoms with Crippen molar-refractivity contribution in [1.82, 2.24) is 24.1 Å². The smallest absolute Gasteiger partial charge is 0.339 e. The molecule has 23 heavy (non-hydrogen) atoms. The fourth-order valence-corrected chi connectivity index (χ4v) is 3.78. The summed E-state index contributed by atoms with van der Waals surface area (Å²) in [7, 11) is 4.10. The van der Waals surface area contributed by atoms with Gasteiger partial charge in [0.05, 0.1) is 0 Å². The van der Waals surface area contributed by atoms with Gasteiger partial charge in [-0.05, 0) is 32.9 Å². The molecule has 0 unspecified atom stereocenters. The molecule has 7 heteroatoms. The molecule has 1 aromatic heterocycles. The number of rotatable bonds is 3. The van der Waals surface area contributed by atoms with E-state index in [1.807, 2.05) is 19.0 Å². The van der Waals surface area contributed by atoms with Crippen molar-refractivity contribution in [3.63, 3.8) is 0 Å². The van der Waals surface area contributed by atoms with E-state index in [0.29, 0.717) is 12.0 Å². The standard InChI is InChI=1S/C16H27N5O2/c1-12-9-19(10-13(12)18(2)3)15(22)11-21-16(23)20-8-6-4-5-7-14(20)17-21/h12-13H,4-11H2,1-3H3/t12-,13-/m1/s1. The van der Waals surface area contributed by atoms with Crippen molar-refractivity contribution in [2.24, 2.45) is 5.92 Å². The number of aryl methyl sites for hydroxylation is 1. The molecule has 1 fully saturated rings. The third kappa shape index (κ3) is 3.20. The number of nitrogens with zero attached hydrogens (tertiary/aromatic N) is 5. The van der Waals surface area contributed by atoms with Crippen molar-refractivity contribution in [3.8, 4) is 0 Å². The molecule has 0 aromatic carbocycles. The zero-order valence-electron chi connectivity index (χ0n) is 14.4. The molecule has 0 aliphatic carbocycles. The Labute approximate surface area is 136 Å². The van der Waals surface area contributed by atoms with Gasteiger partial charge in [-0.25, -0.2) is 9.48 Å². The Balaban J connectivity index is 1.71. The van der Waals surface area contributed by atoms with Crippen LogP contribution in [0.4, 0.5) is 0 Å². The van der Waals surface area contributed by atoms with Crippen molar-refractivity contribution in [3.05, 3.63) is 16.3 Å². The van der Waals surface area contributed by atoms with Crippen molar-refractivity contribution >= 4 is 5.91 Å². The van der Waals surface area contributed by atoms with E-state index in [-0.39, 0.29) is 18.1 Å². The van der Waals surface area contributed by atoms with Crippen LogP contribution in [0.5, 0.6) is 0 Å². The maximum atomic E-state index is 12.6. The quantitative estimate of drug-likeness (QED) is 0.797. The molecule has 1 amide bonds. The van der Waals surface area contributed by atoms with Crippen LogP contribution < -0.4 is 5.69 Å². The van der Waals surface area contributed by atoms with Crippen LogP contribution in [0.2, 0.25) is 0 Å². The SMILES string of the molecule is C[C@@H]1CN(C(=O)Cn2nc3n(c2=O)CCCCC3)C[C@H]1N(C)C. The van der Waals surface area contributed by atoms with Crippen LogP contribution in [0.15, 0.2) is 4.79 Å². The summed E-state index contributed by atoms with van der Waals surface area (Å²) >= 11 is 0. The van der Waals surface area contributed by atoms with E-state index in [0.717, 1.165) is 51.1 Å². The number of hydrogen-bond donors (Lipinski definition) is 0. The Bertz CT molecular complexity index is 633. The van der Waals surface area contributed by atoms with Crippen LogP contribution in [0, 0.1) is 5.92 Å². The lowest BCUT2D eigenvalue weighted by atomic mass is 10.1. The summed E-state index contributed by atoms with van der Waals surface area (Å²) < 4.78 is 3.10. The maximum Gasteiger partial charge on any atom is 0.346 e. The van der Waals surface area contributed by atoms with Gasteiger partial charge >= 0.3 is 5.69 Å². The normalized spacial score (nSPS) is 24.8. The molecular formula is C16H27N5O2. The van der Waals surface area contributed by atoms with Gasteiger partial charge in [-0.1, -0.05) is 13.3 Å². The van der Waals surface area contributed by atoms with E-state index in [2.05, 4.69) is 16.9 Å². The van der Waals surface area contributed by atoms with E-state index in [1.165, 1.54) is 4.68 Å². The second-order valence-electron chi connectivity index (χ2n) is 7.13. The highest BCUT2D eigenvalue weighted by Gasteiger charge is 2.34. The number of likely N-dealkylation sites (tertiary alicyclic amines) is 1. The van der Waals surface area contributed by atoms with Gasteiger partial charge in [0.2, 0.25) is 5.91 Å². The molecule has 0 radical (unpaired) electrons. The monoisotopic (exact) mass is 321 g/mol. The van der Waals surface area contributed by atoms with Crippen molar-refractivity contribution in [2.75, 3.05) is 27.2 Å². The summed E-state index contributed by atoms with van der Waals surface area (Å²) in [6, 6.07) is 0.384. The third-order valence-corrected chi connectivity index (χ3v) is 5.16. The zero-order valence-corrected chi connectivity index (χ0v) is 14.4. The number of likely N-dealkylation sites (N-methyl/N-ethyl adjacent to an activating group) is 1. The van der Waals surface area contributed by atoms with Crippen LogP contribution >= 0.6 is 0 Å². The number of amides is 1. The van der Waals surface area contributed by atoms with Crippen LogP contribution in [0.3, 0.4) is 0 Å². The van der Waals surface area contributed by atoms with Gasteiger partial charge in [-0.2, -0.15) is 5.10 Å². The van der Waals surface area contributed by atoms with Gasteiger partial charge < -0.3 is 9.80 Å². The van der Waals surface area contributed by atoms with Crippen molar-refractivity contribution in [2.45, 2.75) is 51.7 Å². The number of carbonyl (C=O) groups is 1. The second-order valence-corrected chi connectivity index (χ2v) is 7.13. The molecular weight excluding hydrogens is 294 g/mol. The van der Waals surface area contributed by atoms with E-state index in [4.69, 9.17) is 0 Å². The molecule has 2 aliphatic heterocycles. The third-order valence-electron chi connectivity index (χ3n) is 5.16. The Hall–Kier alpha value is -1.63. The van der Waals surface area contributed by atoms with E-state index >= 15 is 0 Å². The maximum absolute atomic E-state index is 12.6. The Morgan fingerprint density at radius 1 is 1.26 bits per heavy atom. The summed E-state index contributed by atoms with van der Waals surface area (Å²) in [5.74, 6) is 1.28. The van der Waals surface area contributed by atoms with Crippen LogP contribution in [-0.2, 0) is 24.3 Å². The first kappa shape index (κ1) is 16.2. The number of aromatic nitrogens is 3. The molecule has 7 nitrogen and oxygen atoms in total. The minimum absolute atomic E-state index is 0.00319. The van der Waals surface area contributed by atoms with Crippen molar-refractivity contribution in [1.29, 1.82) is 0 Å². The molecule has 1 saturated heterocycles. The zero-order chi connectivity index (χ0) is 16.6. The second kappa shape index (κ2) is 6.47. The van der Waals surface area contributed by atoms with Gasteiger partial charge in [0.25, 0.3) is 0 Å². The minimum atomic E-state index is -0.133. The van der Waals surface area contributed by atoms with E-state index in [9.17, 15) is 9.59 Å². The first-order valence-electron chi connectivity index (χ1n) is 8.58. The van der Waals surface area contributed by atoms with Crippen LogP contribution in [-0.4, -0.2) is 63.3 Å². The first-order chi connectivity index (χ1) is 11.0. The Morgan fingerprint density at radius 2 is 2.04 bits per heavy atom. The fourth-order valence-electron chi connectivity index (χ4n) is 3.78. The summed E-state index contributed by atoms with van der Waals surface area (Å²) in [4.78, 5) is 29.0. The van der Waals surface area contributed by atoms with Crippen molar-refractivity contribution < 1.29 is 4.79 Å². The number of carbonyl (C=O) groups excluding carboxylic acids is 1. The molecule has 1 aromatic rings. The summed E-state index contributed by atoms with van der Waals surface area (Å²) in [6.07, 6.45) is 4.05.